The van der Waals surface area contributed by atoms with E-state index in [2.05, 4.69) is 4.98 Å². The highest BCUT2D eigenvalue weighted by atomic mass is 35.5. The number of carbonyl (C=O) groups is 1. The SMILES string of the molecule is COCCOc1ncc(C(=O)O)cc1Cl. The molecule has 0 aliphatic heterocycles. The van der Waals surface area contributed by atoms with Crippen LogP contribution in [0.5, 0.6) is 5.88 Å². The lowest BCUT2D eigenvalue weighted by Gasteiger charge is -2.06. The van der Waals surface area contributed by atoms with Crippen LogP contribution in [0.3, 0.4) is 0 Å². The highest BCUT2D eigenvalue weighted by Crippen LogP contribution is 2.22. The number of hydrogen-bond acceptors (Lipinski definition) is 4. The van der Waals surface area contributed by atoms with Crippen molar-refractivity contribution < 1.29 is 19.4 Å². The van der Waals surface area contributed by atoms with Gasteiger partial charge in [-0.2, -0.15) is 0 Å². The molecule has 0 aliphatic rings. The molecule has 0 aromatic carbocycles. The third-order valence-electron chi connectivity index (χ3n) is 1.58. The molecule has 0 unspecified atom stereocenters. The lowest BCUT2D eigenvalue weighted by Crippen LogP contribution is -2.06. The largest absolute Gasteiger partial charge is 0.478 e. The normalized spacial score (nSPS) is 10.0. The molecular weight excluding hydrogens is 222 g/mol. The summed E-state index contributed by atoms with van der Waals surface area (Å²) >= 11 is 5.76. The summed E-state index contributed by atoms with van der Waals surface area (Å²) in [7, 11) is 1.55. The van der Waals surface area contributed by atoms with E-state index in [4.69, 9.17) is 26.2 Å². The first-order chi connectivity index (χ1) is 7.15. The van der Waals surface area contributed by atoms with Crippen molar-refractivity contribution in [2.24, 2.45) is 0 Å². The van der Waals surface area contributed by atoms with Crippen molar-refractivity contribution in [3.8, 4) is 5.88 Å². The maximum Gasteiger partial charge on any atom is 0.337 e. The van der Waals surface area contributed by atoms with Gasteiger partial charge in [0, 0.05) is 13.3 Å². The van der Waals surface area contributed by atoms with Gasteiger partial charge in [-0.1, -0.05) is 11.6 Å². The first kappa shape index (κ1) is 11.7. The second-order valence-corrected chi connectivity index (χ2v) is 3.06. The van der Waals surface area contributed by atoms with E-state index in [0.717, 1.165) is 0 Å². The molecule has 0 saturated heterocycles. The minimum Gasteiger partial charge on any atom is -0.478 e. The van der Waals surface area contributed by atoms with Gasteiger partial charge < -0.3 is 14.6 Å². The van der Waals surface area contributed by atoms with Crippen LogP contribution in [0.2, 0.25) is 5.02 Å². The molecule has 1 N–H and O–H groups in total. The third kappa shape index (κ3) is 3.38. The summed E-state index contributed by atoms with van der Waals surface area (Å²) in [4.78, 5) is 14.3. The van der Waals surface area contributed by atoms with E-state index in [1.54, 1.807) is 7.11 Å². The molecule has 6 heteroatoms. The summed E-state index contributed by atoms with van der Waals surface area (Å²) in [5.41, 5.74) is 0.0269. The van der Waals surface area contributed by atoms with Crippen molar-refractivity contribution in [3.05, 3.63) is 22.8 Å². The van der Waals surface area contributed by atoms with Crippen LogP contribution in [0.25, 0.3) is 0 Å². The molecule has 0 radical (unpaired) electrons. The van der Waals surface area contributed by atoms with Gasteiger partial charge in [-0.3, -0.25) is 0 Å². The Kier molecular flexibility index (Phi) is 4.33. The first-order valence-electron chi connectivity index (χ1n) is 4.15. The molecule has 1 heterocycles. The Bertz CT molecular complexity index is 356. The monoisotopic (exact) mass is 231 g/mol. The fourth-order valence-corrected chi connectivity index (χ4v) is 1.09. The molecular formula is C9H10ClNO4. The highest BCUT2D eigenvalue weighted by molar-refractivity contribution is 6.32. The van der Waals surface area contributed by atoms with Crippen molar-refractivity contribution >= 4 is 17.6 Å². The van der Waals surface area contributed by atoms with E-state index < -0.39 is 5.97 Å². The number of hydrogen-bond donors (Lipinski definition) is 1. The smallest absolute Gasteiger partial charge is 0.337 e. The lowest BCUT2D eigenvalue weighted by atomic mass is 10.3. The minimum atomic E-state index is -1.08. The fraction of sp³-hybridized carbons (Fsp3) is 0.333. The second-order valence-electron chi connectivity index (χ2n) is 2.66. The van der Waals surface area contributed by atoms with Crippen LogP contribution in [-0.4, -0.2) is 36.4 Å². The predicted octanol–water partition coefficient (Wildman–Crippen LogP) is 1.46. The van der Waals surface area contributed by atoms with Gasteiger partial charge in [-0.15, -0.1) is 0 Å². The zero-order valence-corrected chi connectivity index (χ0v) is 8.82. The van der Waals surface area contributed by atoms with Gasteiger partial charge >= 0.3 is 5.97 Å². The fourth-order valence-electron chi connectivity index (χ4n) is 0.870. The molecule has 0 bridgehead atoms. The van der Waals surface area contributed by atoms with Crippen LogP contribution in [-0.2, 0) is 4.74 Å². The van der Waals surface area contributed by atoms with E-state index in [0.29, 0.717) is 13.2 Å². The number of nitrogens with zero attached hydrogens (tertiary/aromatic N) is 1. The van der Waals surface area contributed by atoms with Crippen molar-refractivity contribution in [2.75, 3.05) is 20.3 Å². The molecule has 15 heavy (non-hydrogen) atoms. The Morgan fingerprint density at radius 1 is 1.60 bits per heavy atom. The quantitative estimate of drug-likeness (QED) is 0.777. The van der Waals surface area contributed by atoms with Gasteiger partial charge in [0.25, 0.3) is 0 Å². The number of rotatable bonds is 5. The van der Waals surface area contributed by atoms with Crippen molar-refractivity contribution in [2.45, 2.75) is 0 Å². The van der Waals surface area contributed by atoms with Crippen LogP contribution in [0.4, 0.5) is 0 Å². The van der Waals surface area contributed by atoms with Crippen LogP contribution in [0.1, 0.15) is 10.4 Å². The maximum absolute atomic E-state index is 10.6. The molecule has 1 aromatic heterocycles. The Morgan fingerprint density at radius 3 is 2.87 bits per heavy atom. The van der Waals surface area contributed by atoms with E-state index >= 15 is 0 Å². The summed E-state index contributed by atoms with van der Waals surface area (Å²) in [5.74, 6) is -0.869. The van der Waals surface area contributed by atoms with Crippen LogP contribution in [0, 0.1) is 0 Å². The lowest BCUT2D eigenvalue weighted by molar-refractivity contribution is 0.0696. The maximum atomic E-state index is 10.6. The average molecular weight is 232 g/mol. The topological polar surface area (TPSA) is 68.7 Å². The molecule has 82 valence electrons. The number of aromatic carboxylic acids is 1. The molecule has 0 spiro atoms. The number of pyridine rings is 1. The van der Waals surface area contributed by atoms with Gasteiger partial charge in [0.05, 0.1) is 12.2 Å². The number of methoxy groups -OCH3 is 1. The first-order valence-corrected chi connectivity index (χ1v) is 4.53. The van der Waals surface area contributed by atoms with Gasteiger partial charge in [-0.05, 0) is 6.07 Å². The van der Waals surface area contributed by atoms with E-state index in [-0.39, 0.29) is 16.5 Å². The predicted molar refractivity (Wildman–Crippen MR) is 53.6 cm³/mol. The van der Waals surface area contributed by atoms with Crippen molar-refractivity contribution in [1.29, 1.82) is 0 Å². The van der Waals surface area contributed by atoms with E-state index in [9.17, 15) is 4.79 Å². The van der Waals surface area contributed by atoms with Crippen LogP contribution >= 0.6 is 11.6 Å². The molecule has 0 fully saturated rings. The second kappa shape index (κ2) is 5.53. The van der Waals surface area contributed by atoms with E-state index in [1.807, 2.05) is 0 Å². The van der Waals surface area contributed by atoms with Crippen molar-refractivity contribution in [1.82, 2.24) is 4.98 Å². The van der Waals surface area contributed by atoms with Gasteiger partial charge in [-0.25, -0.2) is 9.78 Å². The minimum absolute atomic E-state index is 0.0269. The summed E-state index contributed by atoms with van der Waals surface area (Å²) in [6.45, 7) is 0.730. The molecule has 1 rings (SSSR count). The Labute approximate surface area is 91.6 Å². The zero-order chi connectivity index (χ0) is 11.3. The van der Waals surface area contributed by atoms with Crippen molar-refractivity contribution in [3.63, 3.8) is 0 Å². The standard InChI is InChI=1S/C9H10ClNO4/c1-14-2-3-15-8-7(10)4-6(5-11-8)9(12)13/h4-5H,2-3H2,1H3,(H,12,13). The Balaban J connectivity index is 2.70. The molecule has 0 saturated carbocycles. The van der Waals surface area contributed by atoms with Gasteiger partial charge in [0.2, 0.25) is 5.88 Å². The van der Waals surface area contributed by atoms with Crippen LogP contribution < -0.4 is 4.74 Å². The average Bonchev–Trinajstić information content (AvgIpc) is 2.20. The zero-order valence-electron chi connectivity index (χ0n) is 8.07. The molecule has 1 aromatic rings. The van der Waals surface area contributed by atoms with E-state index in [1.165, 1.54) is 12.3 Å². The summed E-state index contributed by atoms with van der Waals surface area (Å²) in [6.07, 6.45) is 1.19. The molecule has 0 amide bonds. The van der Waals surface area contributed by atoms with Crippen LogP contribution in [0.15, 0.2) is 12.3 Å². The number of ether oxygens (including phenoxy) is 2. The summed E-state index contributed by atoms with van der Waals surface area (Å²) in [6, 6.07) is 1.29. The molecule has 0 atom stereocenters. The van der Waals surface area contributed by atoms with Gasteiger partial charge in [0.15, 0.2) is 0 Å². The highest BCUT2D eigenvalue weighted by Gasteiger charge is 2.08. The number of aromatic nitrogens is 1. The summed E-state index contributed by atoms with van der Waals surface area (Å²) < 4.78 is 9.93. The summed E-state index contributed by atoms with van der Waals surface area (Å²) in [5, 5.41) is 8.83. The number of carboxylic acid groups (broad SMARTS) is 1. The molecule has 5 nitrogen and oxygen atoms in total. The molecule has 0 aliphatic carbocycles. The van der Waals surface area contributed by atoms with Gasteiger partial charge in [0.1, 0.15) is 11.6 Å². The number of carboxylic acids is 1. The Hall–Kier alpha value is -1.33. The third-order valence-corrected chi connectivity index (χ3v) is 1.85. The Morgan fingerprint density at radius 2 is 2.33 bits per heavy atom. The number of halogens is 1.